The molecule has 3 aliphatic heterocycles. The summed E-state index contributed by atoms with van der Waals surface area (Å²) in [5.41, 5.74) is 0.852. The average molecular weight is 1120 g/mol. The Kier molecular flexibility index (Phi) is 22.2. The number of halogens is 1. The first-order chi connectivity index (χ1) is 32.1. The molecule has 0 radical (unpaired) electrons. The summed E-state index contributed by atoms with van der Waals surface area (Å²) in [5.74, 6) is -3.25. The number of carbonyl (C=O) groups is 4. The second-order valence-electron chi connectivity index (χ2n) is 21.1. The van der Waals surface area contributed by atoms with Gasteiger partial charge in [0.15, 0.2) is 0 Å². The third-order valence-electron chi connectivity index (χ3n) is 14.6. The van der Waals surface area contributed by atoms with Gasteiger partial charge in [0.05, 0.1) is 87.8 Å². The van der Waals surface area contributed by atoms with Crippen molar-refractivity contribution < 1.29 is 58.9 Å². The van der Waals surface area contributed by atoms with Crippen molar-refractivity contribution in [3.63, 3.8) is 0 Å². The number of esters is 2. The summed E-state index contributed by atoms with van der Waals surface area (Å²) in [6, 6.07) is 0. The molecule has 69 heavy (non-hydrogen) atoms. The molecule has 14 nitrogen and oxygen atoms in total. The first-order valence-electron chi connectivity index (χ1n) is 24.5. The normalized spacial score (nSPS) is 35.2. The minimum Gasteiger partial charge on any atom is -0.458 e. The molecule has 0 aliphatic carbocycles. The van der Waals surface area contributed by atoms with E-state index in [4.69, 9.17) is 14.2 Å². The number of alkyl halides is 1. The molecule has 3 aliphatic rings. The number of hydrogen-bond acceptors (Lipinski definition) is 16. The first kappa shape index (κ1) is 59.1. The number of Topliss-reactive ketones (excluding diaryl/α,β-unsaturated/α-hetero) is 2. The maximum absolute atomic E-state index is 13.2. The molecule has 0 saturated carbocycles. The van der Waals surface area contributed by atoms with E-state index in [1.807, 2.05) is 64.5 Å². The van der Waals surface area contributed by atoms with E-state index < -0.39 is 77.3 Å². The van der Waals surface area contributed by atoms with Crippen molar-refractivity contribution in [1.29, 1.82) is 0 Å². The summed E-state index contributed by atoms with van der Waals surface area (Å²) in [5, 5.41) is 59.8. The highest BCUT2D eigenvalue weighted by molar-refractivity contribution is 14.1. The van der Waals surface area contributed by atoms with Crippen LogP contribution in [0, 0.1) is 48.3 Å². The van der Waals surface area contributed by atoms with Crippen LogP contribution in [0.2, 0.25) is 0 Å². The summed E-state index contributed by atoms with van der Waals surface area (Å²) >= 11 is 5.29. The minimum atomic E-state index is -1.26. The predicted octanol–water partition coefficient (Wildman–Crippen LogP) is 8.57. The van der Waals surface area contributed by atoms with Gasteiger partial charge >= 0.3 is 11.9 Å². The fraction of sp³-hybridized carbons (Fsp3) is 0.731. The van der Waals surface area contributed by atoms with E-state index in [1.165, 1.54) is 11.3 Å². The number of ketones is 2. The van der Waals surface area contributed by atoms with Gasteiger partial charge in [0.2, 0.25) is 0 Å². The number of fused-ring (bicyclic) bond motifs is 1. The Morgan fingerprint density at radius 1 is 0.652 bits per heavy atom. The van der Waals surface area contributed by atoms with E-state index in [-0.39, 0.29) is 52.4 Å². The van der Waals surface area contributed by atoms with Gasteiger partial charge in [-0.05, 0) is 88.5 Å². The van der Waals surface area contributed by atoms with Crippen LogP contribution in [0.4, 0.5) is 0 Å². The molecule has 2 aromatic rings. The summed E-state index contributed by atoms with van der Waals surface area (Å²) in [7, 11) is 0. The molecule has 3 fully saturated rings. The summed E-state index contributed by atoms with van der Waals surface area (Å²) in [6.07, 6.45) is 2.82. The van der Waals surface area contributed by atoms with Gasteiger partial charge in [-0.2, -0.15) is 0 Å². The van der Waals surface area contributed by atoms with E-state index >= 15 is 0 Å². The number of ether oxygens (including phenoxy) is 3. The molecule has 2 aromatic heterocycles. The number of hydrogen-bond donors (Lipinski definition) is 5. The van der Waals surface area contributed by atoms with E-state index in [1.54, 1.807) is 52.9 Å². The molecule has 17 heteroatoms. The highest BCUT2D eigenvalue weighted by atomic mass is 127. The lowest BCUT2D eigenvalue weighted by Crippen LogP contribution is -2.45. The number of nitrogens with zero attached hydrogens (tertiary/aromatic N) is 2. The smallest absolute Gasteiger partial charge is 0.309 e. The van der Waals surface area contributed by atoms with Crippen LogP contribution in [-0.4, -0.2) is 118 Å². The van der Waals surface area contributed by atoms with Crippen LogP contribution in [0.5, 0.6) is 0 Å². The highest BCUT2D eigenvalue weighted by Gasteiger charge is 2.45. The standard InChI is InChI=1S/C26H40INO6S.C26H39NO6S/c1-14-8-7-9-20(29)19(27)11-21(15(2)10-18-13-35-17(4)28-18)34-23(31)12-22(30)26(5,6)25(33)16(3)24(14)32;1-14-8-7-9-19-21(32-19)11-20(15(2)10-18-13-34-17(4)27-18)33-23(29)12-22(28)26(5,6)25(31)16(3)24(14)30/h10,13-14,16,19-22,24,29-30,32H,7-9,11-12H2,1-6H3;10,13-14,16,19-22,24,28,30H,7-9,11-12H2,1-6H3/b2*15-10+/t14-,16+,19+,20+,21-,22-,24-;14-,16+,19-,20-,21?,22-,24-/m00/s1. The topological polar surface area (TPSA) is 226 Å². The lowest BCUT2D eigenvalue weighted by atomic mass is 9.73. The molecular formula is C52H79IN2O12S2. The summed E-state index contributed by atoms with van der Waals surface area (Å²) in [4.78, 5) is 61.0. The number of cyclic esters (lactones) is 2. The maximum atomic E-state index is 13.2. The molecule has 388 valence electrons. The van der Waals surface area contributed by atoms with E-state index in [0.717, 1.165) is 51.8 Å². The zero-order valence-corrected chi connectivity index (χ0v) is 46.4. The van der Waals surface area contributed by atoms with Gasteiger partial charge in [0.1, 0.15) is 23.8 Å². The van der Waals surface area contributed by atoms with Gasteiger partial charge in [0.25, 0.3) is 0 Å². The Hall–Kier alpha value is -2.49. The fourth-order valence-corrected chi connectivity index (χ4v) is 11.2. The molecule has 5 N–H and O–H groups in total. The monoisotopic (exact) mass is 1110 g/mol. The second-order valence-corrected chi connectivity index (χ2v) is 24.8. The Labute approximate surface area is 431 Å². The fourth-order valence-electron chi connectivity index (χ4n) is 9.26. The summed E-state index contributed by atoms with van der Waals surface area (Å²) < 4.78 is 17.3. The number of aromatic nitrogens is 2. The van der Waals surface area contributed by atoms with Gasteiger partial charge < -0.3 is 39.7 Å². The van der Waals surface area contributed by atoms with E-state index in [9.17, 15) is 44.7 Å². The van der Waals surface area contributed by atoms with E-state index in [2.05, 4.69) is 32.6 Å². The van der Waals surface area contributed by atoms with Crippen molar-refractivity contribution in [1.82, 2.24) is 9.97 Å². The Morgan fingerprint density at radius 2 is 1.06 bits per heavy atom. The van der Waals surface area contributed by atoms with Crippen molar-refractivity contribution in [2.24, 2.45) is 34.5 Å². The van der Waals surface area contributed by atoms with E-state index in [0.29, 0.717) is 32.1 Å². The number of thiazole rings is 2. The van der Waals surface area contributed by atoms with Crippen molar-refractivity contribution in [3.8, 4) is 0 Å². The highest BCUT2D eigenvalue weighted by Crippen LogP contribution is 2.38. The molecule has 3 saturated heterocycles. The maximum Gasteiger partial charge on any atom is 0.309 e. The third-order valence-corrected chi connectivity index (χ3v) is 17.5. The van der Waals surface area contributed by atoms with Crippen LogP contribution in [-0.2, 0) is 33.4 Å². The molecule has 0 bridgehead atoms. The second kappa shape index (κ2) is 25.9. The first-order valence-corrected chi connectivity index (χ1v) is 27.5. The number of epoxide rings is 1. The number of aliphatic hydroxyl groups excluding tert-OH is 5. The molecule has 14 atom stereocenters. The molecule has 5 heterocycles. The van der Waals surface area contributed by atoms with Gasteiger partial charge in [-0.25, -0.2) is 9.97 Å². The van der Waals surface area contributed by atoms with Crippen molar-refractivity contribution in [2.45, 2.75) is 206 Å². The zero-order chi connectivity index (χ0) is 51.7. The molecule has 0 aromatic carbocycles. The van der Waals surface area contributed by atoms with Crippen LogP contribution in [0.3, 0.4) is 0 Å². The SMILES string of the molecule is C/C(=C\c1csc(C)n1)[C@@H]1CC2O[C@H]2CCC[C@H](C)[C@H](O)[C@@H](C)C(=O)C(C)(C)[C@@H](O)CC(=O)O1.C/C(=C\c1csc(C)n1)[C@@H]1C[C@@H](I)[C@H](O)CCC[C@H](C)[C@H](O)[C@@H](C)C(=O)C(C)(C)[C@@H](O)CC(=O)O1. The lowest BCUT2D eigenvalue weighted by molar-refractivity contribution is -0.156. The number of carbonyl (C=O) groups excluding carboxylic acids is 4. The van der Waals surface area contributed by atoms with Crippen LogP contribution in [0.1, 0.15) is 155 Å². The zero-order valence-electron chi connectivity index (χ0n) is 42.6. The number of aryl methyl sites for hydroxylation is 2. The van der Waals surface area contributed by atoms with Gasteiger partial charge in [0, 0.05) is 39.4 Å². The Morgan fingerprint density at radius 3 is 1.46 bits per heavy atom. The summed E-state index contributed by atoms with van der Waals surface area (Å²) in [6.45, 7) is 21.3. The molecule has 5 rings (SSSR count). The number of aliphatic hydroxyl groups is 5. The molecule has 1 unspecified atom stereocenters. The van der Waals surface area contributed by atoms with Crippen LogP contribution >= 0.6 is 45.3 Å². The van der Waals surface area contributed by atoms with Crippen molar-refractivity contribution in [3.05, 3.63) is 43.3 Å². The molecule has 0 spiro atoms. The number of rotatable bonds is 4. The Bertz CT molecular complexity index is 2100. The van der Waals surface area contributed by atoms with Crippen LogP contribution < -0.4 is 0 Å². The van der Waals surface area contributed by atoms with Gasteiger partial charge in [-0.15, -0.1) is 22.7 Å². The van der Waals surface area contributed by atoms with Crippen molar-refractivity contribution in [2.75, 3.05) is 0 Å². The quantitative estimate of drug-likeness (QED) is 0.0837. The average Bonchev–Trinajstić information content (AvgIpc) is 3.67. The van der Waals surface area contributed by atoms with Gasteiger partial charge in [-0.1, -0.05) is 90.8 Å². The van der Waals surface area contributed by atoms with Crippen LogP contribution in [0.25, 0.3) is 12.2 Å². The van der Waals surface area contributed by atoms with Crippen molar-refractivity contribution >= 4 is 80.9 Å². The van der Waals surface area contributed by atoms with Crippen LogP contribution in [0.15, 0.2) is 21.9 Å². The molecule has 0 amide bonds. The van der Waals surface area contributed by atoms with Gasteiger partial charge in [-0.3, -0.25) is 19.2 Å². The third kappa shape index (κ3) is 16.8. The predicted molar refractivity (Wildman–Crippen MR) is 278 cm³/mol. The lowest BCUT2D eigenvalue weighted by Gasteiger charge is -2.35. The Balaban J connectivity index is 0.000000301. The largest absolute Gasteiger partial charge is 0.458 e. The minimum absolute atomic E-state index is 0.00770. The molecular weight excluding hydrogens is 1040 g/mol.